The quantitative estimate of drug-likeness (QED) is 0.393. The molecule has 1 N–H and O–H groups in total. The molecule has 6 rings (SSSR count). The molecule has 0 saturated heterocycles. The van der Waals surface area contributed by atoms with Gasteiger partial charge < -0.3 is 19.5 Å². The number of ether oxygens (including phenoxy) is 3. The molecule has 1 atom stereocenters. The zero-order valence-corrected chi connectivity index (χ0v) is 21.0. The lowest BCUT2D eigenvalue weighted by Crippen LogP contribution is -2.35. The molecule has 6 nitrogen and oxygen atoms in total. The van der Waals surface area contributed by atoms with Crippen molar-refractivity contribution in [3.63, 3.8) is 0 Å². The highest BCUT2D eigenvalue weighted by Gasteiger charge is 2.45. The van der Waals surface area contributed by atoms with Gasteiger partial charge in [0.2, 0.25) is 12.7 Å². The van der Waals surface area contributed by atoms with Crippen molar-refractivity contribution in [1.29, 1.82) is 0 Å². The van der Waals surface area contributed by atoms with Crippen LogP contribution in [0.1, 0.15) is 48.5 Å². The monoisotopic (exact) mass is 511 g/mol. The van der Waals surface area contributed by atoms with Crippen molar-refractivity contribution in [2.24, 2.45) is 5.41 Å². The Morgan fingerprint density at radius 1 is 0.947 bits per heavy atom. The largest absolute Gasteiger partial charge is 0.454 e. The van der Waals surface area contributed by atoms with Crippen molar-refractivity contribution in [1.82, 2.24) is 0 Å². The van der Waals surface area contributed by atoms with Crippen LogP contribution in [0.3, 0.4) is 0 Å². The maximum Gasteiger partial charge on any atom is 0.231 e. The van der Waals surface area contributed by atoms with Gasteiger partial charge in [-0.25, -0.2) is 4.39 Å². The molecular formula is C31H26FNO5. The van der Waals surface area contributed by atoms with Gasteiger partial charge in [-0.05, 0) is 47.4 Å². The van der Waals surface area contributed by atoms with Gasteiger partial charge in [0.1, 0.15) is 11.6 Å². The van der Waals surface area contributed by atoms with E-state index in [0.717, 1.165) is 0 Å². The van der Waals surface area contributed by atoms with Crippen molar-refractivity contribution < 1.29 is 28.2 Å². The third-order valence-corrected chi connectivity index (χ3v) is 7.05. The summed E-state index contributed by atoms with van der Waals surface area (Å²) in [4.78, 5) is 27.8. The van der Waals surface area contributed by atoms with Crippen molar-refractivity contribution in [2.75, 3.05) is 12.1 Å². The minimum Gasteiger partial charge on any atom is -0.454 e. The van der Waals surface area contributed by atoms with Gasteiger partial charge in [-0.2, -0.15) is 0 Å². The summed E-state index contributed by atoms with van der Waals surface area (Å²) in [7, 11) is 0. The van der Waals surface area contributed by atoms with Gasteiger partial charge >= 0.3 is 0 Å². The first-order valence-corrected chi connectivity index (χ1v) is 12.5. The summed E-state index contributed by atoms with van der Waals surface area (Å²) in [6, 6.07) is 20.5. The summed E-state index contributed by atoms with van der Waals surface area (Å²) in [6.07, 6.45) is 0.815. The number of hydrogen-bond acceptors (Lipinski definition) is 6. The van der Waals surface area contributed by atoms with Crippen LogP contribution in [-0.4, -0.2) is 18.4 Å². The van der Waals surface area contributed by atoms with Gasteiger partial charge in [0.15, 0.2) is 23.1 Å². The van der Waals surface area contributed by atoms with Gasteiger partial charge in [0.05, 0.1) is 17.1 Å². The van der Waals surface area contributed by atoms with Crippen LogP contribution in [0.4, 0.5) is 10.1 Å². The molecule has 192 valence electrons. The number of anilines is 1. The van der Waals surface area contributed by atoms with Crippen LogP contribution < -0.4 is 14.8 Å². The third kappa shape index (κ3) is 4.24. The van der Waals surface area contributed by atoms with Crippen molar-refractivity contribution >= 4 is 17.3 Å². The Kier molecular flexibility index (Phi) is 5.79. The molecule has 2 aliphatic heterocycles. The zero-order valence-electron chi connectivity index (χ0n) is 21.0. The van der Waals surface area contributed by atoms with Crippen LogP contribution >= 0.6 is 0 Å². The summed E-state index contributed by atoms with van der Waals surface area (Å²) in [6.45, 7) is 4.12. The Morgan fingerprint density at radius 2 is 1.68 bits per heavy atom. The summed E-state index contributed by atoms with van der Waals surface area (Å²) < 4.78 is 32.4. The minimum absolute atomic E-state index is 0.0886. The maximum atomic E-state index is 14.9. The highest BCUT2D eigenvalue weighted by Crippen LogP contribution is 2.50. The standard InChI is InChI=1S/C31H26FNO5/c1-31(2)15-22(34)27-25(16-31)38-30(33-19-8-4-3-5-9-19)28(29(35)20-10-6-7-11-21(20)32)26(27)18-12-13-23-24(14-18)37-17-36-23/h3-14,26,33H,15-17H2,1-2H3. The van der Waals surface area contributed by atoms with E-state index in [1.807, 2.05) is 50.2 Å². The number of benzene rings is 3. The van der Waals surface area contributed by atoms with Crippen LogP contribution in [0.5, 0.6) is 11.5 Å². The lowest BCUT2D eigenvalue weighted by atomic mass is 9.69. The molecule has 0 fully saturated rings. The lowest BCUT2D eigenvalue weighted by molar-refractivity contribution is -0.119. The number of carbonyl (C=O) groups is 2. The average molecular weight is 512 g/mol. The Bertz CT molecular complexity index is 1520. The van der Waals surface area contributed by atoms with E-state index in [1.165, 1.54) is 18.2 Å². The molecule has 0 saturated carbocycles. The fourth-order valence-corrected chi connectivity index (χ4v) is 5.34. The summed E-state index contributed by atoms with van der Waals surface area (Å²) in [5.41, 5.74) is 1.50. The molecule has 3 aromatic carbocycles. The van der Waals surface area contributed by atoms with Crippen LogP contribution in [-0.2, 0) is 9.53 Å². The fourth-order valence-electron chi connectivity index (χ4n) is 5.34. The fraction of sp³-hybridized carbons (Fsp3) is 0.226. The minimum atomic E-state index is -0.796. The van der Waals surface area contributed by atoms with Crippen molar-refractivity contribution in [3.05, 3.63) is 113 Å². The Morgan fingerprint density at radius 3 is 2.47 bits per heavy atom. The number of hydrogen-bond donors (Lipinski definition) is 1. The molecule has 0 bridgehead atoms. The van der Waals surface area contributed by atoms with Crippen LogP contribution in [0.2, 0.25) is 0 Å². The van der Waals surface area contributed by atoms with E-state index >= 15 is 0 Å². The first kappa shape index (κ1) is 24.0. The number of halogens is 1. The molecule has 0 amide bonds. The van der Waals surface area contributed by atoms with E-state index in [9.17, 15) is 14.0 Å². The summed E-state index contributed by atoms with van der Waals surface area (Å²) in [5, 5.41) is 3.24. The van der Waals surface area contributed by atoms with Crippen molar-refractivity contribution in [2.45, 2.75) is 32.6 Å². The van der Waals surface area contributed by atoms with E-state index < -0.39 is 17.5 Å². The van der Waals surface area contributed by atoms with Gasteiger partial charge in [-0.15, -0.1) is 0 Å². The average Bonchev–Trinajstić information content (AvgIpc) is 3.36. The Hall–Kier alpha value is -4.39. The number of fused-ring (bicyclic) bond motifs is 1. The van der Waals surface area contributed by atoms with Gasteiger partial charge in [0, 0.05) is 24.1 Å². The molecule has 1 aliphatic carbocycles. The highest BCUT2D eigenvalue weighted by atomic mass is 19.1. The second-order valence-corrected chi connectivity index (χ2v) is 10.5. The molecule has 0 radical (unpaired) electrons. The summed E-state index contributed by atoms with van der Waals surface area (Å²) >= 11 is 0. The molecule has 0 spiro atoms. The van der Waals surface area contributed by atoms with E-state index in [-0.39, 0.29) is 35.0 Å². The third-order valence-electron chi connectivity index (χ3n) is 7.05. The number of allylic oxidation sites excluding steroid dienone is 3. The maximum absolute atomic E-state index is 14.9. The number of ketones is 2. The topological polar surface area (TPSA) is 73.9 Å². The van der Waals surface area contributed by atoms with E-state index in [1.54, 1.807) is 18.2 Å². The molecule has 0 aromatic heterocycles. The smallest absolute Gasteiger partial charge is 0.231 e. The van der Waals surface area contributed by atoms with E-state index in [2.05, 4.69) is 5.32 Å². The number of Topliss-reactive ketones (excluding diaryl/α,β-unsaturated/α-hetero) is 2. The molecule has 3 aliphatic rings. The Balaban J connectivity index is 1.59. The molecule has 38 heavy (non-hydrogen) atoms. The number of nitrogens with one attached hydrogen (secondary N) is 1. The number of rotatable bonds is 5. The molecule has 7 heteroatoms. The predicted molar refractivity (Wildman–Crippen MR) is 139 cm³/mol. The van der Waals surface area contributed by atoms with Crippen molar-refractivity contribution in [3.8, 4) is 11.5 Å². The zero-order chi connectivity index (χ0) is 26.4. The van der Waals surface area contributed by atoms with Gasteiger partial charge in [0.25, 0.3) is 0 Å². The normalized spacial score (nSPS) is 19.7. The molecule has 1 unspecified atom stereocenters. The van der Waals surface area contributed by atoms with Crippen LogP contribution in [0.25, 0.3) is 0 Å². The lowest BCUT2D eigenvalue weighted by Gasteiger charge is -2.39. The number of para-hydroxylation sites is 1. The van der Waals surface area contributed by atoms with E-state index in [0.29, 0.717) is 46.9 Å². The molecule has 3 aromatic rings. The second kappa shape index (κ2) is 9.17. The van der Waals surface area contributed by atoms with Crippen LogP contribution in [0.15, 0.2) is 95.6 Å². The Labute approximate surface area is 219 Å². The van der Waals surface area contributed by atoms with Gasteiger partial charge in [-0.1, -0.05) is 50.2 Å². The molecular weight excluding hydrogens is 485 g/mol. The first-order valence-electron chi connectivity index (χ1n) is 12.5. The molecule has 2 heterocycles. The van der Waals surface area contributed by atoms with E-state index in [4.69, 9.17) is 14.2 Å². The SMILES string of the molecule is CC1(C)CC(=O)C2=C(C1)OC(Nc1ccccc1)=C(C(=O)c1ccccc1F)C2c1ccc2c(c1)OCO2. The summed E-state index contributed by atoms with van der Waals surface area (Å²) in [5.74, 6) is -0.312. The predicted octanol–water partition coefficient (Wildman–Crippen LogP) is 6.52. The second-order valence-electron chi connectivity index (χ2n) is 10.5. The first-order chi connectivity index (χ1) is 18.3. The number of carbonyl (C=O) groups excluding carboxylic acids is 2. The highest BCUT2D eigenvalue weighted by molar-refractivity contribution is 6.13. The van der Waals surface area contributed by atoms with Crippen LogP contribution in [0, 0.1) is 11.2 Å². The van der Waals surface area contributed by atoms with Gasteiger partial charge in [-0.3, -0.25) is 9.59 Å².